The maximum absolute atomic E-state index is 12.8. The van der Waals surface area contributed by atoms with Gasteiger partial charge in [0.15, 0.2) is 11.5 Å². The number of nitrogens with one attached hydrogen (secondary N) is 1. The predicted octanol–water partition coefficient (Wildman–Crippen LogP) is 4.55. The van der Waals surface area contributed by atoms with E-state index in [-0.39, 0.29) is 12.7 Å². The van der Waals surface area contributed by atoms with Crippen molar-refractivity contribution < 1.29 is 19.4 Å². The van der Waals surface area contributed by atoms with Crippen LogP contribution in [0.4, 0.5) is 5.69 Å². The third-order valence-electron chi connectivity index (χ3n) is 5.54. The largest absolute Gasteiger partial charge is 0.454 e. The molecule has 0 aromatic heterocycles. The molecular weight excluding hydrogens is 400 g/mol. The standard InChI is InChI=1S/C23H28N2O4S/c1-16(2)14-23(27)10-12-25(13-11-23)22(26)17-6-8-18(9-7-17)24-30-20-5-3-4-19-21(20)29-15-28-19/h3-9,16,24,27H,10-15H2,1-2H3. The van der Waals surface area contributed by atoms with Crippen molar-refractivity contribution in [2.45, 2.75) is 43.6 Å². The van der Waals surface area contributed by atoms with Gasteiger partial charge in [0.1, 0.15) is 0 Å². The molecule has 2 N–H and O–H groups in total. The number of carbonyl (C=O) groups excluding carboxylic acids is 1. The average Bonchev–Trinajstić information content (AvgIpc) is 3.21. The Bertz CT molecular complexity index is 893. The van der Waals surface area contributed by atoms with Gasteiger partial charge in [-0.2, -0.15) is 0 Å². The molecule has 30 heavy (non-hydrogen) atoms. The number of hydrogen-bond donors (Lipinski definition) is 2. The van der Waals surface area contributed by atoms with E-state index in [1.54, 1.807) is 0 Å². The summed E-state index contributed by atoms with van der Waals surface area (Å²) in [7, 11) is 0. The maximum Gasteiger partial charge on any atom is 0.253 e. The van der Waals surface area contributed by atoms with Crippen LogP contribution >= 0.6 is 11.9 Å². The van der Waals surface area contributed by atoms with Crippen molar-refractivity contribution in [2.24, 2.45) is 5.92 Å². The van der Waals surface area contributed by atoms with Gasteiger partial charge in [-0.15, -0.1) is 0 Å². The van der Waals surface area contributed by atoms with E-state index < -0.39 is 5.60 Å². The molecule has 2 aromatic carbocycles. The van der Waals surface area contributed by atoms with Crippen LogP contribution in [0, 0.1) is 5.92 Å². The predicted molar refractivity (Wildman–Crippen MR) is 118 cm³/mol. The van der Waals surface area contributed by atoms with E-state index >= 15 is 0 Å². The maximum atomic E-state index is 12.8. The van der Waals surface area contributed by atoms with E-state index in [1.165, 1.54) is 11.9 Å². The number of aliphatic hydroxyl groups is 1. The highest BCUT2D eigenvalue weighted by Crippen LogP contribution is 2.40. The van der Waals surface area contributed by atoms with Gasteiger partial charge in [0.2, 0.25) is 6.79 Å². The lowest BCUT2D eigenvalue weighted by Gasteiger charge is -2.39. The molecule has 1 saturated heterocycles. The fourth-order valence-corrected chi connectivity index (χ4v) is 4.81. The number of amides is 1. The zero-order valence-electron chi connectivity index (χ0n) is 17.4. The molecule has 0 atom stereocenters. The highest BCUT2D eigenvalue weighted by molar-refractivity contribution is 8.00. The van der Waals surface area contributed by atoms with Gasteiger partial charge < -0.3 is 24.2 Å². The summed E-state index contributed by atoms with van der Waals surface area (Å²) < 4.78 is 14.2. The van der Waals surface area contributed by atoms with Crippen LogP contribution < -0.4 is 14.2 Å². The third-order valence-corrected chi connectivity index (χ3v) is 6.42. The van der Waals surface area contributed by atoms with Gasteiger partial charge in [0.05, 0.1) is 10.5 Å². The zero-order chi connectivity index (χ0) is 21.1. The molecule has 7 heteroatoms. The Hall–Kier alpha value is -2.38. The second-order valence-electron chi connectivity index (χ2n) is 8.39. The van der Waals surface area contributed by atoms with Gasteiger partial charge in [0.25, 0.3) is 5.91 Å². The molecular formula is C23H28N2O4S. The SMILES string of the molecule is CC(C)CC1(O)CCN(C(=O)c2ccc(NSc3cccc4c3OCO4)cc2)CC1. The van der Waals surface area contributed by atoms with Crippen LogP contribution in [0.2, 0.25) is 0 Å². The van der Waals surface area contributed by atoms with Crippen LogP contribution in [-0.4, -0.2) is 41.4 Å². The van der Waals surface area contributed by atoms with Gasteiger partial charge in [-0.1, -0.05) is 19.9 Å². The number of carbonyl (C=O) groups is 1. The molecule has 0 bridgehead atoms. The second-order valence-corrected chi connectivity index (χ2v) is 9.23. The van der Waals surface area contributed by atoms with Crippen LogP contribution in [0.3, 0.4) is 0 Å². The topological polar surface area (TPSA) is 71.0 Å². The van der Waals surface area contributed by atoms with E-state index in [0.29, 0.717) is 37.4 Å². The van der Waals surface area contributed by atoms with Crippen molar-refractivity contribution in [3.63, 3.8) is 0 Å². The summed E-state index contributed by atoms with van der Waals surface area (Å²) in [5.74, 6) is 1.98. The van der Waals surface area contributed by atoms with E-state index in [1.807, 2.05) is 47.4 Å². The Morgan fingerprint density at radius 3 is 2.60 bits per heavy atom. The number of nitrogens with zero attached hydrogens (tertiary/aromatic N) is 1. The number of ether oxygens (including phenoxy) is 2. The summed E-state index contributed by atoms with van der Waals surface area (Å²) in [6.45, 7) is 5.68. The molecule has 2 aliphatic rings. The van der Waals surface area contributed by atoms with Crippen molar-refractivity contribution in [2.75, 3.05) is 24.6 Å². The molecule has 0 saturated carbocycles. The molecule has 0 radical (unpaired) electrons. The summed E-state index contributed by atoms with van der Waals surface area (Å²) in [5.41, 5.74) is 0.928. The molecule has 2 aliphatic heterocycles. The number of fused-ring (bicyclic) bond motifs is 1. The Balaban J connectivity index is 1.33. The summed E-state index contributed by atoms with van der Waals surface area (Å²) in [6, 6.07) is 13.3. The van der Waals surface area contributed by atoms with Crippen LogP contribution in [-0.2, 0) is 0 Å². The number of para-hydroxylation sites is 1. The summed E-state index contributed by atoms with van der Waals surface area (Å²) in [4.78, 5) is 15.6. The second kappa shape index (κ2) is 8.78. The van der Waals surface area contributed by atoms with Gasteiger partial charge >= 0.3 is 0 Å². The zero-order valence-corrected chi connectivity index (χ0v) is 18.2. The van der Waals surface area contributed by atoms with Gasteiger partial charge in [-0.25, -0.2) is 0 Å². The Morgan fingerprint density at radius 2 is 1.90 bits per heavy atom. The molecule has 4 rings (SSSR count). The van der Waals surface area contributed by atoms with Crippen molar-refractivity contribution in [1.82, 2.24) is 4.90 Å². The fourth-order valence-electron chi connectivity index (χ4n) is 4.05. The van der Waals surface area contributed by atoms with E-state index in [2.05, 4.69) is 18.6 Å². The first-order chi connectivity index (χ1) is 14.4. The van der Waals surface area contributed by atoms with E-state index in [9.17, 15) is 9.90 Å². The van der Waals surface area contributed by atoms with Crippen LogP contribution in [0.1, 0.15) is 43.5 Å². The molecule has 6 nitrogen and oxygen atoms in total. The number of likely N-dealkylation sites (tertiary alicyclic amines) is 1. The first kappa shape index (κ1) is 20.9. The lowest BCUT2D eigenvalue weighted by molar-refractivity contribution is -0.0311. The Labute approximate surface area is 181 Å². The molecule has 2 heterocycles. The lowest BCUT2D eigenvalue weighted by Crippen LogP contribution is -2.47. The van der Waals surface area contributed by atoms with Crippen molar-refractivity contribution >= 4 is 23.5 Å². The van der Waals surface area contributed by atoms with Crippen LogP contribution in [0.5, 0.6) is 11.5 Å². The van der Waals surface area contributed by atoms with Crippen molar-refractivity contribution in [3.8, 4) is 11.5 Å². The third kappa shape index (κ3) is 4.68. The summed E-state index contributed by atoms with van der Waals surface area (Å²) >= 11 is 1.45. The first-order valence-corrected chi connectivity index (χ1v) is 11.2. The van der Waals surface area contributed by atoms with Gasteiger partial charge in [-0.3, -0.25) is 4.79 Å². The monoisotopic (exact) mass is 428 g/mol. The molecule has 2 aromatic rings. The van der Waals surface area contributed by atoms with Crippen molar-refractivity contribution in [1.29, 1.82) is 0 Å². The van der Waals surface area contributed by atoms with Crippen LogP contribution in [0.25, 0.3) is 0 Å². The molecule has 0 spiro atoms. The van der Waals surface area contributed by atoms with E-state index in [4.69, 9.17) is 9.47 Å². The first-order valence-electron chi connectivity index (χ1n) is 10.4. The molecule has 1 fully saturated rings. The number of piperidine rings is 1. The van der Waals surface area contributed by atoms with E-state index in [0.717, 1.165) is 28.5 Å². The number of benzene rings is 2. The quantitative estimate of drug-likeness (QED) is 0.658. The average molecular weight is 429 g/mol. The highest BCUT2D eigenvalue weighted by atomic mass is 32.2. The lowest BCUT2D eigenvalue weighted by atomic mass is 9.84. The Kier molecular flexibility index (Phi) is 6.11. The Morgan fingerprint density at radius 1 is 1.17 bits per heavy atom. The number of rotatable bonds is 6. The van der Waals surface area contributed by atoms with Crippen molar-refractivity contribution in [3.05, 3.63) is 48.0 Å². The summed E-state index contributed by atoms with van der Waals surface area (Å²) in [5, 5.41) is 10.7. The molecule has 1 amide bonds. The van der Waals surface area contributed by atoms with Crippen LogP contribution in [0.15, 0.2) is 47.4 Å². The minimum absolute atomic E-state index is 0.0206. The van der Waals surface area contributed by atoms with Gasteiger partial charge in [0, 0.05) is 24.3 Å². The highest BCUT2D eigenvalue weighted by Gasteiger charge is 2.34. The molecule has 0 unspecified atom stereocenters. The minimum atomic E-state index is -0.637. The summed E-state index contributed by atoms with van der Waals surface area (Å²) in [6.07, 6.45) is 2.07. The number of anilines is 1. The molecule has 160 valence electrons. The normalized spacial score (nSPS) is 17.3. The molecule has 0 aliphatic carbocycles. The van der Waals surface area contributed by atoms with Gasteiger partial charge in [-0.05, 0) is 73.5 Å². The smallest absolute Gasteiger partial charge is 0.253 e. The fraction of sp³-hybridized carbons (Fsp3) is 0.435. The minimum Gasteiger partial charge on any atom is -0.454 e. The number of hydrogen-bond acceptors (Lipinski definition) is 6.